The lowest BCUT2D eigenvalue weighted by atomic mass is 9.87. The van der Waals surface area contributed by atoms with Crippen LogP contribution >= 0.6 is 56.8 Å². The molecular formula is C19H24ClI2NO4. The highest BCUT2D eigenvalue weighted by atomic mass is 127. The normalized spacial score (nSPS) is 13.5. The Morgan fingerprint density at radius 3 is 2.41 bits per heavy atom. The van der Waals surface area contributed by atoms with Gasteiger partial charge in [-0.3, -0.25) is 9.59 Å². The third-order valence-corrected chi connectivity index (χ3v) is 6.31. The van der Waals surface area contributed by atoms with Gasteiger partial charge in [0.2, 0.25) is 0 Å². The smallest absolute Gasteiger partial charge is 0.199 e. The minimum absolute atomic E-state index is 0.0351. The summed E-state index contributed by atoms with van der Waals surface area (Å²) in [6.45, 7) is 9.54. The van der Waals surface area contributed by atoms with E-state index in [0.29, 0.717) is 15.6 Å². The minimum atomic E-state index is -0.486. The van der Waals surface area contributed by atoms with Crippen LogP contribution in [0.15, 0.2) is 17.8 Å². The van der Waals surface area contributed by atoms with Gasteiger partial charge in [-0.2, -0.15) is 0 Å². The Labute approximate surface area is 192 Å². The number of halogens is 3. The van der Waals surface area contributed by atoms with Crippen molar-refractivity contribution >= 4 is 68.9 Å². The van der Waals surface area contributed by atoms with Crippen LogP contribution in [0.4, 0.5) is 0 Å². The topological polar surface area (TPSA) is 75.6 Å². The second-order valence-electron chi connectivity index (χ2n) is 7.34. The predicted molar refractivity (Wildman–Crippen MR) is 125 cm³/mol. The van der Waals surface area contributed by atoms with Crippen molar-refractivity contribution in [3.05, 3.63) is 35.6 Å². The van der Waals surface area contributed by atoms with Crippen LogP contribution in [0.25, 0.3) is 0 Å². The van der Waals surface area contributed by atoms with Gasteiger partial charge in [0.15, 0.2) is 12.1 Å². The van der Waals surface area contributed by atoms with Gasteiger partial charge in [-0.15, -0.1) is 0 Å². The van der Waals surface area contributed by atoms with E-state index in [4.69, 9.17) is 16.3 Å². The number of hydrogen-bond donors (Lipinski definition) is 2. The number of carbonyl (C=O) groups excluding carboxylic acids is 2. The summed E-state index contributed by atoms with van der Waals surface area (Å²) in [7, 11) is 0. The van der Waals surface area contributed by atoms with Crippen LogP contribution in [0.2, 0.25) is 5.02 Å². The van der Waals surface area contributed by atoms with E-state index in [9.17, 15) is 14.7 Å². The number of ether oxygens (including phenoxy) is 1. The van der Waals surface area contributed by atoms with Gasteiger partial charge in [-0.05, 0) is 70.5 Å². The van der Waals surface area contributed by atoms with Crippen molar-refractivity contribution in [2.75, 3.05) is 6.61 Å². The van der Waals surface area contributed by atoms with Gasteiger partial charge in [0.05, 0.1) is 36.5 Å². The van der Waals surface area contributed by atoms with E-state index in [1.165, 1.54) is 6.20 Å². The summed E-state index contributed by atoms with van der Waals surface area (Å²) in [6, 6.07) is 1.31. The van der Waals surface area contributed by atoms with Crippen molar-refractivity contribution in [2.24, 2.45) is 5.41 Å². The molecule has 8 heteroatoms. The van der Waals surface area contributed by atoms with E-state index >= 15 is 0 Å². The summed E-state index contributed by atoms with van der Waals surface area (Å²) < 4.78 is 7.13. The van der Waals surface area contributed by atoms with Gasteiger partial charge in [0, 0.05) is 11.8 Å². The van der Waals surface area contributed by atoms with E-state index in [1.807, 2.05) is 57.2 Å². The molecule has 0 saturated heterocycles. The fraction of sp³-hybridized carbons (Fsp3) is 0.474. The van der Waals surface area contributed by atoms with Crippen LogP contribution in [0.3, 0.4) is 0 Å². The van der Waals surface area contributed by atoms with E-state index in [0.717, 1.165) is 3.57 Å². The monoisotopic (exact) mass is 619 g/mol. The van der Waals surface area contributed by atoms with Crippen LogP contribution in [-0.2, 0) is 4.79 Å². The van der Waals surface area contributed by atoms with E-state index in [-0.39, 0.29) is 40.3 Å². The summed E-state index contributed by atoms with van der Waals surface area (Å²) in [5.41, 5.74) is -0.0812. The Hall–Kier alpha value is -0.390. The van der Waals surface area contributed by atoms with E-state index < -0.39 is 5.78 Å². The van der Waals surface area contributed by atoms with Gasteiger partial charge in [-0.25, -0.2) is 0 Å². The first-order valence-corrected chi connectivity index (χ1v) is 10.9. The number of benzene rings is 1. The Bertz CT molecular complexity index is 742. The molecule has 0 saturated carbocycles. The quantitative estimate of drug-likeness (QED) is 0.0847. The second-order valence-corrected chi connectivity index (χ2v) is 9.96. The molecule has 27 heavy (non-hydrogen) atoms. The molecular weight excluding hydrogens is 595 g/mol. The number of carbonyl (C=O) groups is 2. The summed E-state index contributed by atoms with van der Waals surface area (Å²) in [5, 5.41) is 12.7. The molecule has 0 unspecified atom stereocenters. The second kappa shape index (κ2) is 10.4. The molecule has 0 heterocycles. The maximum atomic E-state index is 12.9. The summed E-state index contributed by atoms with van der Waals surface area (Å²) in [4.78, 5) is 24.4. The average Bonchev–Trinajstić information content (AvgIpc) is 2.57. The molecule has 0 amide bonds. The lowest BCUT2D eigenvalue weighted by Gasteiger charge is -2.29. The van der Waals surface area contributed by atoms with Gasteiger partial charge < -0.3 is 15.2 Å². The molecule has 0 aromatic heterocycles. The molecule has 0 aliphatic rings. The predicted octanol–water partition coefficient (Wildman–Crippen LogP) is 4.60. The number of aliphatic hydroxyl groups is 1. The van der Waals surface area contributed by atoms with Crippen molar-refractivity contribution in [3.63, 3.8) is 0 Å². The fourth-order valence-corrected chi connectivity index (χ4v) is 4.32. The average molecular weight is 620 g/mol. The number of hydrogen-bond acceptors (Lipinski definition) is 5. The lowest BCUT2D eigenvalue weighted by molar-refractivity contribution is -0.104. The largest absolute Gasteiger partial charge is 0.489 e. The number of allylic oxidation sites excluding steroid dienone is 1. The molecule has 0 aliphatic carbocycles. The third kappa shape index (κ3) is 6.57. The van der Waals surface area contributed by atoms with Gasteiger partial charge in [0.1, 0.15) is 5.75 Å². The standard InChI is InChI=1S/C19H24ClI2NO4/c1-10(2)27-18-13(21)6-12(15(20)16(18)22)17(26)11(8-24)7-23-14(9-25)19(3,4)5/h6-8,10,14,23,25H,9H2,1-5H3/t14-/m1/s1. The van der Waals surface area contributed by atoms with Gasteiger partial charge >= 0.3 is 0 Å². The molecule has 1 aromatic carbocycles. The number of aliphatic hydroxyl groups excluding tert-OH is 1. The number of nitrogens with one attached hydrogen (secondary N) is 1. The van der Waals surface area contributed by atoms with Crippen LogP contribution in [0, 0.1) is 12.6 Å². The Kier molecular flexibility index (Phi) is 9.50. The molecule has 0 bridgehead atoms. The Morgan fingerprint density at radius 1 is 1.37 bits per heavy atom. The molecule has 0 spiro atoms. The Morgan fingerprint density at radius 2 is 1.96 bits per heavy atom. The first-order valence-electron chi connectivity index (χ1n) is 8.35. The highest BCUT2D eigenvalue weighted by molar-refractivity contribution is 14.1. The number of Topliss-reactive ketones (excluding diaryl/α,β-unsaturated/α-hetero) is 1. The number of aldehydes is 1. The van der Waals surface area contributed by atoms with Crippen LogP contribution in [-0.4, -0.2) is 35.9 Å². The maximum absolute atomic E-state index is 12.9. The molecule has 2 N–H and O–H groups in total. The highest BCUT2D eigenvalue weighted by Crippen LogP contribution is 2.37. The van der Waals surface area contributed by atoms with Crippen molar-refractivity contribution in [1.82, 2.24) is 5.32 Å². The first kappa shape index (κ1) is 24.6. The Balaban J connectivity index is 3.26. The molecule has 0 aliphatic heterocycles. The van der Waals surface area contributed by atoms with Gasteiger partial charge in [0.25, 0.3) is 0 Å². The molecule has 1 atom stereocenters. The molecule has 0 radical (unpaired) electrons. The van der Waals surface area contributed by atoms with Crippen molar-refractivity contribution in [3.8, 4) is 5.75 Å². The SMILES string of the molecule is CC(C)Oc1c(I)cc(C(=O)C(C=O)=CN[C@H](CO)C(C)(C)C)c(Cl)c1I. The molecule has 5 nitrogen and oxygen atoms in total. The molecule has 150 valence electrons. The zero-order valence-corrected chi connectivity index (χ0v) is 21.0. The van der Waals surface area contributed by atoms with Crippen LogP contribution in [0.5, 0.6) is 5.75 Å². The lowest BCUT2D eigenvalue weighted by Crippen LogP contribution is -2.40. The summed E-state index contributed by atoms with van der Waals surface area (Å²) in [6.07, 6.45) is 1.80. The van der Waals surface area contributed by atoms with Crippen molar-refractivity contribution < 1.29 is 19.4 Å². The van der Waals surface area contributed by atoms with Crippen molar-refractivity contribution in [2.45, 2.75) is 46.8 Å². The first-order chi connectivity index (χ1) is 12.4. The summed E-state index contributed by atoms with van der Waals surface area (Å²) in [5.74, 6) is 0.135. The molecule has 1 aromatic rings. The zero-order chi connectivity index (χ0) is 20.9. The summed E-state index contributed by atoms with van der Waals surface area (Å²) >= 11 is 10.5. The van der Waals surface area contributed by atoms with E-state index in [2.05, 4.69) is 27.9 Å². The number of rotatable bonds is 8. The number of ketones is 1. The van der Waals surface area contributed by atoms with Crippen LogP contribution in [0.1, 0.15) is 45.0 Å². The fourth-order valence-electron chi connectivity index (χ4n) is 2.16. The minimum Gasteiger partial charge on any atom is -0.489 e. The highest BCUT2D eigenvalue weighted by Gasteiger charge is 2.25. The van der Waals surface area contributed by atoms with Gasteiger partial charge in [-0.1, -0.05) is 32.4 Å². The third-order valence-electron chi connectivity index (χ3n) is 3.77. The molecule has 0 fully saturated rings. The zero-order valence-electron chi connectivity index (χ0n) is 15.9. The van der Waals surface area contributed by atoms with Crippen LogP contribution < -0.4 is 10.1 Å². The maximum Gasteiger partial charge on any atom is 0.199 e. The molecule has 1 rings (SSSR count). The van der Waals surface area contributed by atoms with E-state index in [1.54, 1.807) is 6.07 Å². The van der Waals surface area contributed by atoms with Crippen molar-refractivity contribution in [1.29, 1.82) is 0 Å².